The van der Waals surface area contributed by atoms with E-state index in [1.165, 1.54) is 5.56 Å². The second-order valence-electron chi connectivity index (χ2n) is 4.78. The van der Waals surface area contributed by atoms with Crippen LogP contribution in [0.4, 0.5) is 0 Å². The molecule has 0 radical (unpaired) electrons. The van der Waals surface area contributed by atoms with Gasteiger partial charge in [-0.1, -0.05) is 30.3 Å². The Labute approximate surface area is 117 Å². The Morgan fingerprint density at radius 2 is 1.68 bits per heavy atom. The van der Waals surface area contributed by atoms with Crippen molar-refractivity contribution in [1.82, 2.24) is 0 Å². The standard InChI is InChI=1S/C16H27NO2/c1-4-18-16(3,19-5-2)15(12-9-13-17)14-10-7-6-8-11-14/h6-8,10-11,15H,4-5,9,12-13,17H2,1-3H3. The predicted octanol–water partition coefficient (Wildman–Crippen LogP) is 3.30. The van der Waals surface area contributed by atoms with E-state index in [-0.39, 0.29) is 5.92 Å². The summed E-state index contributed by atoms with van der Waals surface area (Å²) < 4.78 is 11.8. The summed E-state index contributed by atoms with van der Waals surface area (Å²) in [6, 6.07) is 10.4. The topological polar surface area (TPSA) is 44.5 Å². The molecule has 19 heavy (non-hydrogen) atoms. The molecule has 0 aliphatic rings. The van der Waals surface area contributed by atoms with Gasteiger partial charge in [-0.05, 0) is 45.7 Å². The minimum Gasteiger partial charge on any atom is -0.350 e. The number of hydrogen-bond acceptors (Lipinski definition) is 3. The largest absolute Gasteiger partial charge is 0.350 e. The maximum Gasteiger partial charge on any atom is 0.172 e. The molecule has 1 unspecified atom stereocenters. The van der Waals surface area contributed by atoms with Gasteiger partial charge >= 0.3 is 0 Å². The molecule has 0 saturated carbocycles. The van der Waals surface area contributed by atoms with Crippen LogP contribution in [0.25, 0.3) is 0 Å². The Morgan fingerprint density at radius 3 is 2.16 bits per heavy atom. The maximum atomic E-state index is 5.92. The van der Waals surface area contributed by atoms with Crippen LogP contribution in [0.5, 0.6) is 0 Å². The summed E-state index contributed by atoms with van der Waals surface area (Å²) in [6.07, 6.45) is 1.94. The Balaban J connectivity index is 2.99. The van der Waals surface area contributed by atoms with E-state index in [1.807, 2.05) is 26.8 Å². The van der Waals surface area contributed by atoms with Crippen LogP contribution in [0, 0.1) is 0 Å². The quantitative estimate of drug-likeness (QED) is 0.697. The molecule has 0 aliphatic heterocycles. The third-order valence-corrected chi connectivity index (χ3v) is 3.39. The Bertz CT molecular complexity index is 334. The second kappa shape index (κ2) is 8.31. The summed E-state index contributed by atoms with van der Waals surface area (Å²) in [5.74, 6) is -0.378. The lowest BCUT2D eigenvalue weighted by molar-refractivity contribution is -0.236. The van der Waals surface area contributed by atoms with Crippen molar-refractivity contribution in [2.24, 2.45) is 5.73 Å². The van der Waals surface area contributed by atoms with Crippen molar-refractivity contribution in [3.63, 3.8) is 0 Å². The van der Waals surface area contributed by atoms with Gasteiger partial charge in [0.2, 0.25) is 0 Å². The molecule has 0 saturated heterocycles. The van der Waals surface area contributed by atoms with Crippen LogP contribution in [0.3, 0.4) is 0 Å². The molecule has 0 aromatic heterocycles. The van der Waals surface area contributed by atoms with Gasteiger partial charge < -0.3 is 15.2 Å². The molecular weight excluding hydrogens is 238 g/mol. The first-order valence-corrected chi connectivity index (χ1v) is 7.20. The molecule has 0 fully saturated rings. The van der Waals surface area contributed by atoms with E-state index in [4.69, 9.17) is 15.2 Å². The maximum absolute atomic E-state index is 5.92. The molecule has 3 nitrogen and oxygen atoms in total. The SMILES string of the molecule is CCOC(C)(OCC)C(CCCN)c1ccccc1. The van der Waals surface area contributed by atoms with Crippen LogP contribution in [-0.4, -0.2) is 25.5 Å². The van der Waals surface area contributed by atoms with Crippen LogP contribution in [0.1, 0.15) is 45.1 Å². The third kappa shape index (κ3) is 4.60. The number of rotatable bonds is 9. The van der Waals surface area contributed by atoms with Crippen LogP contribution in [-0.2, 0) is 9.47 Å². The number of ether oxygens (including phenoxy) is 2. The number of benzene rings is 1. The minimum absolute atomic E-state index is 0.206. The van der Waals surface area contributed by atoms with E-state index in [9.17, 15) is 0 Å². The lowest BCUT2D eigenvalue weighted by atomic mass is 9.87. The van der Waals surface area contributed by atoms with E-state index < -0.39 is 5.79 Å². The molecule has 1 aromatic rings. The lowest BCUT2D eigenvalue weighted by Gasteiger charge is -2.37. The van der Waals surface area contributed by atoms with Gasteiger partial charge in [0.25, 0.3) is 0 Å². The second-order valence-corrected chi connectivity index (χ2v) is 4.78. The fourth-order valence-electron chi connectivity index (χ4n) is 2.55. The van der Waals surface area contributed by atoms with Crippen molar-refractivity contribution in [1.29, 1.82) is 0 Å². The summed E-state index contributed by atoms with van der Waals surface area (Å²) in [5.41, 5.74) is 6.91. The van der Waals surface area contributed by atoms with Crippen molar-refractivity contribution in [3.8, 4) is 0 Å². The average molecular weight is 265 g/mol. The van der Waals surface area contributed by atoms with Crippen LogP contribution in [0.15, 0.2) is 30.3 Å². The number of hydrogen-bond donors (Lipinski definition) is 1. The fraction of sp³-hybridized carbons (Fsp3) is 0.625. The summed E-state index contributed by atoms with van der Waals surface area (Å²) in [5, 5.41) is 0. The van der Waals surface area contributed by atoms with Crippen LogP contribution < -0.4 is 5.73 Å². The molecule has 0 bridgehead atoms. The molecule has 3 heteroatoms. The smallest absolute Gasteiger partial charge is 0.172 e. The highest BCUT2D eigenvalue weighted by Gasteiger charge is 2.36. The summed E-state index contributed by atoms with van der Waals surface area (Å²) >= 11 is 0. The van der Waals surface area contributed by atoms with Gasteiger partial charge in [-0.15, -0.1) is 0 Å². The first kappa shape index (κ1) is 16.2. The highest BCUT2D eigenvalue weighted by molar-refractivity contribution is 5.21. The monoisotopic (exact) mass is 265 g/mol. The zero-order valence-electron chi connectivity index (χ0n) is 12.4. The predicted molar refractivity (Wildman–Crippen MR) is 79.1 cm³/mol. The Morgan fingerprint density at radius 1 is 1.11 bits per heavy atom. The van der Waals surface area contributed by atoms with E-state index in [0.717, 1.165) is 12.8 Å². The van der Waals surface area contributed by atoms with Gasteiger partial charge in [-0.2, -0.15) is 0 Å². The lowest BCUT2D eigenvalue weighted by Crippen LogP contribution is -2.39. The molecule has 108 valence electrons. The molecule has 0 heterocycles. The van der Waals surface area contributed by atoms with Crippen molar-refractivity contribution in [2.45, 2.75) is 45.3 Å². The zero-order valence-corrected chi connectivity index (χ0v) is 12.4. The van der Waals surface area contributed by atoms with E-state index in [1.54, 1.807) is 0 Å². The summed E-state index contributed by atoms with van der Waals surface area (Å²) in [6.45, 7) is 8.02. The van der Waals surface area contributed by atoms with Crippen molar-refractivity contribution in [2.75, 3.05) is 19.8 Å². The highest BCUT2D eigenvalue weighted by atomic mass is 16.7. The van der Waals surface area contributed by atoms with E-state index >= 15 is 0 Å². The first-order chi connectivity index (χ1) is 9.18. The van der Waals surface area contributed by atoms with Crippen molar-refractivity contribution < 1.29 is 9.47 Å². The van der Waals surface area contributed by atoms with Gasteiger partial charge in [0.15, 0.2) is 5.79 Å². The first-order valence-electron chi connectivity index (χ1n) is 7.20. The summed E-state index contributed by atoms with van der Waals surface area (Å²) in [4.78, 5) is 0. The van der Waals surface area contributed by atoms with Crippen LogP contribution in [0.2, 0.25) is 0 Å². The molecule has 1 aromatic carbocycles. The van der Waals surface area contributed by atoms with Gasteiger partial charge in [-0.25, -0.2) is 0 Å². The number of nitrogens with two attached hydrogens (primary N) is 1. The molecule has 0 spiro atoms. The Kier molecular flexibility index (Phi) is 7.06. The molecule has 1 rings (SSSR count). The molecule has 2 N–H and O–H groups in total. The normalized spacial score (nSPS) is 13.5. The summed E-state index contributed by atoms with van der Waals surface area (Å²) in [7, 11) is 0. The minimum atomic E-state index is -0.583. The molecule has 0 aliphatic carbocycles. The average Bonchev–Trinajstić information content (AvgIpc) is 2.41. The van der Waals surface area contributed by atoms with Crippen molar-refractivity contribution >= 4 is 0 Å². The zero-order chi connectivity index (χ0) is 14.1. The third-order valence-electron chi connectivity index (χ3n) is 3.39. The van der Waals surface area contributed by atoms with E-state index in [2.05, 4.69) is 24.3 Å². The Hall–Kier alpha value is -0.900. The van der Waals surface area contributed by atoms with Crippen LogP contribution >= 0.6 is 0 Å². The van der Waals surface area contributed by atoms with E-state index in [0.29, 0.717) is 19.8 Å². The fourth-order valence-corrected chi connectivity index (χ4v) is 2.55. The molecular formula is C16H27NO2. The highest BCUT2D eigenvalue weighted by Crippen LogP contribution is 2.36. The molecule has 0 amide bonds. The van der Waals surface area contributed by atoms with Crippen molar-refractivity contribution in [3.05, 3.63) is 35.9 Å². The van der Waals surface area contributed by atoms with Gasteiger partial charge in [0, 0.05) is 19.1 Å². The van der Waals surface area contributed by atoms with Gasteiger partial charge in [-0.3, -0.25) is 0 Å². The van der Waals surface area contributed by atoms with Gasteiger partial charge in [0.1, 0.15) is 0 Å². The van der Waals surface area contributed by atoms with Gasteiger partial charge in [0.05, 0.1) is 0 Å². The molecule has 1 atom stereocenters.